The average molecular weight is 1630 g/mol. The number of hydrogen-bond donors (Lipinski definition) is 3. The van der Waals surface area contributed by atoms with E-state index in [9.17, 15) is 43.2 Å². The van der Waals surface area contributed by atoms with Gasteiger partial charge in [-0.2, -0.15) is 0 Å². The Balaban J connectivity index is 5.23. The fourth-order valence-corrected chi connectivity index (χ4v) is 16.2. The van der Waals surface area contributed by atoms with Crippen LogP contribution in [0.2, 0.25) is 0 Å². The largest absolute Gasteiger partial charge is 0.472 e. The van der Waals surface area contributed by atoms with Crippen molar-refractivity contribution in [1.82, 2.24) is 0 Å². The lowest BCUT2D eigenvalue weighted by molar-refractivity contribution is -0.161. The summed E-state index contributed by atoms with van der Waals surface area (Å²) in [6, 6.07) is 0. The lowest BCUT2D eigenvalue weighted by Crippen LogP contribution is -2.30. The summed E-state index contributed by atoms with van der Waals surface area (Å²) < 4.78 is 69.1. The summed E-state index contributed by atoms with van der Waals surface area (Å²) in [7, 11) is -9.94. The summed E-state index contributed by atoms with van der Waals surface area (Å²) in [5.74, 6) is -0.463. The zero-order chi connectivity index (χ0) is 82.0. The number of phosphoric acid groups is 2. The number of aliphatic hydroxyl groups excluding tert-OH is 1. The normalized spacial score (nSPS) is 13.7. The predicted molar refractivity (Wildman–Crippen MR) is 465 cm³/mol. The summed E-state index contributed by atoms with van der Waals surface area (Å²) in [5.41, 5.74) is 0. The fraction of sp³-hybridized carbons (Fsp3) is 0.957. The Bertz CT molecular complexity index is 2130. The molecule has 0 aliphatic carbocycles. The lowest BCUT2D eigenvalue weighted by Gasteiger charge is -2.21. The van der Waals surface area contributed by atoms with Crippen LogP contribution in [0.15, 0.2) is 0 Å². The molecule has 666 valence electrons. The van der Waals surface area contributed by atoms with Crippen LogP contribution in [0.3, 0.4) is 0 Å². The van der Waals surface area contributed by atoms with Crippen molar-refractivity contribution in [1.29, 1.82) is 0 Å². The number of aliphatic hydroxyl groups is 1. The van der Waals surface area contributed by atoms with E-state index in [1.165, 1.54) is 321 Å². The molecule has 0 saturated carbocycles. The Hall–Kier alpha value is -1.94. The maximum Gasteiger partial charge on any atom is 0.472 e. The Morgan fingerprint density at radius 1 is 0.241 bits per heavy atom. The molecule has 5 atom stereocenters. The van der Waals surface area contributed by atoms with E-state index in [1.807, 2.05) is 0 Å². The van der Waals surface area contributed by atoms with Gasteiger partial charge in [0.25, 0.3) is 0 Å². The number of rotatable bonds is 92. The quantitative estimate of drug-likeness (QED) is 0.0222. The number of phosphoric ester groups is 2. The molecule has 2 unspecified atom stereocenters. The molecule has 0 aromatic carbocycles. The van der Waals surface area contributed by atoms with Crippen molar-refractivity contribution in [2.24, 2.45) is 11.8 Å². The van der Waals surface area contributed by atoms with Crippen LogP contribution in [0.5, 0.6) is 0 Å². The van der Waals surface area contributed by atoms with E-state index in [0.717, 1.165) is 102 Å². The third-order valence-corrected chi connectivity index (χ3v) is 23.9. The SMILES string of the molecule is CCCCCCCCCCCCCCCCCCCCCCCC(=O)OC[C@H](COP(=O)(O)OC[C@@H](O)COP(=O)(O)OC[C@@H](COC(=O)CCCCCCCCCCCCC)OC(=O)CCCCCCCCCCCCCCCCCCC(C)C)OC(=O)CCCCCCCCCCCCCCCCCCCCC(C)C. The second kappa shape index (κ2) is 84.1. The van der Waals surface area contributed by atoms with E-state index in [4.69, 9.17) is 37.0 Å². The molecule has 0 radical (unpaired) electrons. The van der Waals surface area contributed by atoms with Crippen LogP contribution in [0, 0.1) is 11.8 Å². The molecule has 17 nitrogen and oxygen atoms in total. The Kier molecular flexibility index (Phi) is 82.6. The fourth-order valence-electron chi connectivity index (χ4n) is 14.7. The van der Waals surface area contributed by atoms with Gasteiger partial charge in [-0.1, -0.05) is 452 Å². The molecule has 0 bridgehead atoms. The van der Waals surface area contributed by atoms with Gasteiger partial charge >= 0.3 is 39.5 Å². The maximum atomic E-state index is 13.2. The van der Waals surface area contributed by atoms with Crippen LogP contribution in [0.25, 0.3) is 0 Å². The van der Waals surface area contributed by atoms with E-state index in [0.29, 0.717) is 25.7 Å². The van der Waals surface area contributed by atoms with Crippen LogP contribution in [0.4, 0.5) is 0 Å². The zero-order valence-electron chi connectivity index (χ0n) is 74.0. The highest BCUT2D eigenvalue weighted by molar-refractivity contribution is 7.47. The van der Waals surface area contributed by atoms with E-state index in [-0.39, 0.29) is 25.7 Å². The first kappa shape index (κ1) is 110. The summed E-state index contributed by atoms with van der Waals surface area (Å²) >= 11 is 0. The van der Waals surface area contributed by atoms with Crippen LogP contribution in [0.1, 0.15) is 504 Å². The van der Waals surface area contributed by atoms with Gasteiger partial charge in [-0.05, 0) is 37.5 Å². The summed E-state index contributed by atoms with van der Waals surface area (Å²) in [4.78, 5) is 73.5. The minimum Gasteiger partial charge on any atom is -0.462 e. The smallest absolute Gasteiger partial charge is 0.462 e. The zero-order valence-corrected chi connectivity index (χ0v) is 75.8. The molecule has 0 aromatic heterocycles. The lowest BCUT2D eigenvalue weighted by atomic mass is 10.0. The van der Waals surface area contributed by atoms with Gasteiger partial charge in [0.15, 0.2) is 12.2 Å². The second-order valence-electron chi connectivity index (χ2n) is 34.4. The molecule has 0 amide bonds. The first-order chi connectivity index (χ1) is 54.4. The summed E-state index contributed by atoms with van der Waals surface area (Å²) in [5, 5.41) is 10.7. The highest BCUT2D eigenvalue weighted by Crippen LogP contribution is 2.45. The number of ether oxygens (including phenoxy) is 4. The maximum absolute atomic E-state index is 13.2. The predicted octanol–water partition coefficient (Wildman–Crippen LogP) is 29.0. The first-order valence-electron chi connectivity index (χ1n) is 48.0. The van der Waals surface area contributed by atoms with Crippen molar-refractivity contribution in [3.63, 3.8) is 0 Å². The minimum absolute atomic E-state index is 0.109. The van der Waals surface area contributed by atoms with Crippen molar-refractivity contribution in [3.8, 4) is 0 Å². The highest BCUT2D eigenvalue weighted by Gasteiger charge is 2.31. The third-order valence-electron chi connectivity index (χ3n) is 22.0. The molecule has 0 aliphatic rings. The van der Waals surface area contributed by atoms with E-state index < -0.39 is 97.5 Å². The number of hydrogen-bond acceptors (Lipinski definition) is 15. The van der Waals surface area contributed by atoms with Crippen LogP contribution < -0.4 is 0 Å². The van der Waals surface area contributed by atoms with E-state index in [1.54, 1.807) is 0 Å². The Labute approximate surface area is 689 Å². The molecule has 0 aromatic rings. The van der Waals surface area contributed by atoms with Crippen LogP contribution in [-0.2, 0) is 65.4 Å². The molecule has 0 fully saturated rings. The number of unbranched alkanes of at least 4 members (excludes halogenated alkanes) is 62. The summed E-state index contributed by atoms with van der Waals surface area (Å²) in [6.07, 6.45) is 79.3. The van der Waals surface area contributed by atoms with Crippen LogP contribution >= 0.6 is 15.6 Å². The number of carbonyl (C=O) groups is 4. The second-order valence-corrected chi connectivity index (χ2v) is 37.3. The standard InChI is InChI=1S/C93H182O17P2/c1-7-9-11-13-15-17-19-20-21-22-23-24-25-29-35-40-46-52-58-64-70-76-91(96)104-82-89(110-93(98)77-71-65-59-53-47-41-36-30-27-26-28-33-38-44-49-55-61-67-73-85(3)4)84-108-112(101,102)106-80-87(94)79-105-111(99,100)107-83-88(81-103-90(95)75-69-63-57-51-43-18-16-14-12-10-8-2)109-92(97)78-72-66-60-54-48-42-37-32-31-34-39-45-50-56-62-68-74-86(5)6/h85-89,94H,7-84H2,1-6H3,(H,99,100)(H,101,102)/t87-,88+,89+/m0/s1. The van der Waals surface area contributed by atoms with Gasteiger partial charge in [0.2, 0.25) is 0 Å². The molecule has 0 aliphatic heterocycles. The van der Waals surface area contributed by atoms with Crippen molar-refractivity contribution in [2.75, 3.05) is 39.6 Å². The Morgan fingerprint density at radius 2 is 0.411 bits per heavy atom. The van der Waals surface area contributed by atoms with E-state index >= 15 is 0 Å². The molecule has 112 heavy (non-hydrogen) atoms. The van der Waals surface area contributed by atoms with Gasteiger partial charge in [0.1, 0.15) is 19.3 Å². The topological polar surface area (TPSA) is 237 Å². The molecule has 0 rings (SSSR count). The van der Waals surface area contributed by atoms with Crippen LogP contribution in [-0.4, -0.2) is 96.7 Å². The van der Waals surface area contributed by atoms with Crippen molar-refractivity contribution in [2.45, 2.75) is 522 Å². The first-order valence-corrected chi connectivity index (χ1v) is 51.0. The molecule has 19 heteroatoms. The van der Waals surface area contributed by atoms with Gasteiger partial charge in [-0.3, -0.25) is 37.3 Å². The number of carbonyl (C=O) groups excluding carboxylic acids is 4. The van der Waals surface area contributed by atoms with Gasteiger partial charge in [-0.15, -0.1) is 0 Å². The monoisotopic (exact) mass is 1630 g/mol. The number of esters is 4. The van der Waals surface area contributed by atoms with Gasteiger partial charge in [-0.25, -0.2) is 9.13 Å². The molecule has 3 N–H and O–H groups in total. The van der Waals surface area contributed by atoms with Gasteiger partial charge in [0.05, 0.1) is 26.4 Å². The summed E-state index contributed by atoms with van der Waals surface area (Å²) in [6.45, 7) is 9.78. The molecular formula is C93H182O17P2. The highest BCUT2D eigenvalue weighted by atomic mass is 31.2. The Morgan fingerprint density at radius 3 is 0.607 bits per heavy atom. The molecule has 0 heterocycles. The van der Waals surface area contributed by atoms with Gasteiger partial charge < -0.3 is 33.8 Å². The van der Waals surface area contributed by atoms with Crippen molar-refractivity contribution in [3.05, 3.63) is 0 Å². The minimum atomic E-state index is -4.97. The molecule has 0 spiro atoms. The molecule has 0 saturated heterocycles. The van der Waals surface area contributed by atoms with Gasteiger partial charge in [0, 0.05) is 25.7 Å². The van der Waals surface area contributed by atoms with Crippen molar-refractivity contribution < 1.29 is 80.2 Å². The van der Waals surface area contributed by atoms with E-state index in [2.05, 4.69) is 41.5 Å². The molecular weight excluding hydrogens is 1450 g/mol. The third kappa shape index (κ3) is 85.9. The van der Waals surface area contributed by atoms with Crippen molar-refractivity contribution >= 4 is 39.5 Å². The average Bonchev–Trinajstić information content (AvgIpc) is 0.899.